The third kappa shape index (κ3) is 2.87. The summed E-state index contributed by atoms with van der Waals surface area (Å²) in [6.45, 7) is 0.0508. The molecule has 104 valence electrons. The van der Waals surface area contributed by atoms with Gasteiger partial charge in [-0.05, 0) is 12.8 Å². The highest BCUT2D eigenvalue weighted by Gasteiger charge is 2.24. The maximum absolute atomic E-state index is 11.8. The van der Waals surface area contributed by atoms with Crippen LogP contribution >= 0.6 is 0 Å². The molecule has 0 atom stereocenters. The summed E-state index contributed by atoms with van der Waals surface area (Å²) in [6, 6.07) is 9.54. The Bertz CT molecular complexity index is 574. The average molecular weight is 272 g/mol. The van der Waals surface area contributed by atoms with Crippen LogP contribution in [0.5, 0.6) is 0 Å². The first-order valence-corrected chi connectivity index (χ1v) is 6.87. The van der Waals surface area contributed by atoms with Crippen LogP contribution in [-0.4, -0.2) is 16.1 Å². The molecule has 0 N–H and O–H groups in total. The molecule has 0 spiro atoms. The number of hydrogen-bond acceptors (Lipinski definition) is 5. The third-order valence-corrected chi connectivity index (χ3v) is 3.53. The lowest BCUT2D eigenvalue weighted by molar-refractivity contribution is -0.150. The van der Waals surface area contributed by atoms with Crippen molar-refractivity contribution in [2.75, 3.05) is 0 Å². The van der Waals surface area contributed by atoms with E-state index >= 15 is 0 Å². The molecule has 0 aliphatic heterocycles. The topological polar surface area (TPSA) is 65.2 Å². The van der Waals surface area contributed by atoms with Gasteiger partial charge in [-0.1, -0.05) is 48.3 Å². The highest BCUT2D eigenvalue weighted by Crippen LogP contribution is 2.26. The van der Waals surface area contributed by atoms with Crippen LogP contribution in [0, 0.1) is 5.92 Å². The molecule has 1 fully saturated rings. The van der Waals surface area contributed by atoms with Crippen molar-refractivity contribution >= 4 is 5.97 Å². The summed E-state index contributed by atoms with van der Waals surface area (Å²) in [5, 5.41) is 3.88. The SMILES string of the molecule is O=C(OCc1nc(-c2ccccc2)no1)C1CCCC1. The summed E-state index contributed by atoms with van der Waals surface area (Å²) in [5.74, 6) is 0.737. The molecule has 5 nitrogen and oxygen atoms in total. The second-order valence-corrected chi connectivity index (χ2v) is 4.97. The van der Waals surface area contributed by atoms with Crippen LogP contribution in [0.3, 0.4) is 0 Å². The molecule has 3 rings (SSSR count). The van der Waals surface area contributed by atoms with Gasteiger partial charge in [-0.15, -0.1) is 0 Å². The minimum atomic E-state index is -0.151. The predicted octanol–water partition coefficient (Wildman–Crippen LogP) is 2.97. The summed E-state index contributed by atoms with van der Waals surface area (Å²) >= 11 is 0. The molecular weight excluding hydrogens is 256 g/mol. The molecule has 0 amide bonds. The Balaban J connectivity index is 1.59. The molecule has 1 aromatic carbocycles. The first-order valence-electron chi connectivity index (χ1n) is 6.87. The molecular formula is C15H16N2O3. The molecule has 0 unspecified atom stereocenters. The van der Waals surface area contributed by atoms with E-state index in [1.165, 1.54) is 0 Å². The van der Waals surface area contributed by atoms with Crippen LogP contribution in [0.2, 0.25) is 0 Å². The van der Waals surface area contributed by atoms with Gasteiger partial charge in [0, 0.05) is 5.56 Å². The number of hydrogen-bond donors (Lipinski definition) is 0. The van der Waals surface area contributed by atoms with Crippen LogP contribution in [0.25, 0.3) is 11.4 Å². The van der Waals surface area contributed by atoms with Crippen molar-refractivity contribution in [2.45, 2.75) is 32.3 Å². The number of carbonyl (C=O) groups excluding carboxylic acids is 1. The van der Waals surface area contributed by atoms with Crippen LogP contribution in [-0.2, 0) is 16.1 Å². The number of carbonyl (C=O) groups is 1. The predicted molar refractivity (Wildman–Crippen MR) is 71.5 cm³/mol. The summed E-state index contributed by atoms with van der Waals surface area (Å²) in [6.07, 6.45) is 4.08. The largest absolute Gasteiger partial charge is 0.455 e. The lowest BCUT2D eigenvalue weighted by Gasteiger charge is -2.06. The molecule has 1 heterocycles. The van der Waals surface area contributed by atoms with Crippen molar-refractivity contribution in [1.82, 2.24) is 10.1 Å². The van der Waals surface area contributed by atoms with Crippen molar-refractivity contribution in [3.05, 3.63) is 36.2 Å². The lowest BCUT2D eigenvalue weighted by atomic mass is 10.1. The highest BCUT2D eigenvalue weighted by atomic mass is 16.6. The van der Waals surface area contributed by atoms with Crippen LogP contribution < -0.4 is 0 Å². The quantitative estimate of drug-likeness (QED) is 0.800. The van der Waals surface area contributed by atoms with Gasteiger partial charge in [0.05, 0.1) is 5.92 Å². The fourth-order valence-corrected chi connectivity index (χ4v) is 2.43. The standard InChI is InChI=1S/C15H16N2O3/c18-15(12-8-4-5-9-12)19-10-13-16-14(17-20-13)11-6-2-1-3-7-11/h1-3,6-7,12H,4-5,8-10H2. The Morgan fingerprint density at radius 1 is 1.25 bits per heavy atom. The van der Waals surface area contributed by atoms with Crippen LogP contribution in [0.1, 0.15) is 31.6 Å². The van der Waals surface area contributed by atoms with Crippen LogP contribution in [0.15, 0.2) is 34.9 Å². The van der Waals surface area contributed by atoms with Crippen molar-refractivity contribution in [1.29, 1.82) is 0 Å². The summed E-state index contributed by atoms with van der Waals surface area (Å²) in [7, 11) is 0. The maximum atomic E-state index is 11.8. The van der Waals surface area contributed by atoms with Gasteiger partial charge >= 0.3 is 5.97 Å². The first-order chi connectivity index (χ1) is 9.83. The molecule has 0 bridgehead atoms. The second-order valence-electron chi connectivity index (χ2n) is 4.97. The average Bonchev–Trinajstić information content (AvgIpc) is 3.17. The van der Waals surface area contributed by atoms with Gasteiger partial charge in [-0.3, -0.25) is 4.79 Å². The number of benzene rings is 1. The Labute approximate surface area is 116 Å². The number of rotatable bonds is 4. The number of ether oxygens (including phenoxy) is 1. The Morgan fingerprint density at radius 2 is 2.00 bits per heavy atom. The van der Waals surface area contributed by atoms with Gasteiger partial charge in [-0.2, -0.15) is 4.98 Å². The molecule has 1 aliphatic carbocycles. The fourth-order valence-electron chi connectivity index (χ4n) is 2.43. The zero-order valence-electron chi connectivity index (χ0n) is 11.1. The van der Waals surface area contributed by atoms with Crippen LogP contribution in [0.4, 0.5) is 0 Å². The summed E-state index contributed by atoms with van der Waals surface area (Å²) in [5.41, 5.74) is 0.879. The fraction of sp³-hybridized carbons (Fsp3) is 0.400. The van der Waals surface area contributed by atoms with Gasteiger partial charge in [0.2, 0.25) is 5.82 Å². The van der Waals surface area contributed by atoms with Gasteiger partial charge in [0.15, 0.2) is 6.61 Å². The molecule has 0 radical (unpaired) electrons. The van der Waals surface area contributed by atoms with Crippen molar-refractivity contribution < 1.29 is 14.1 Å². The molecule has 1 aromatic heterocycles. The van der Waals surface area contributed by atoms with Crippen molar-refractivity contribution in [3.8, 4) is 11.4 Å². The normalized spacial score (nSPS) is 15.4. The number of esters is 1. The second kappa shape index (κ2) is 5.86. The molecule has 1 aliphatic rings. The van der Waals surface area contributed by atoms with E-state index in [0.717, 1.165) is 31.2 Å². The zero-order valence-corrected chi connectivity index (χ0v) is 11.1. The van der Waals surface area contributed by atoms with Crippen molar-refractivity contribution in [3.63, 3.8) is 0 Å². The van der Waals surface area contributed by atoms with E-state index < -0.39 is 0 Å². The van der Waals surface area contributed by atoms with E-state index in [2.05, 4.69) is 10.1 Å². The Morgan fingerprint density at radius 3 is 2.75 bits per heavy atom. The maximum Gasteiger partial charge on any atom is 0.309 e. The minimum absolute atomic E-state index is 0.0477. The monoisotopic (exact) mass is 272 g/mol. The van der Waals surface area contributed by atoms with E-state index in [-0.39, 0.29) is 18.5 Å². The van der Waals surface area contributed by atoms with E-state index in [1.807, 2.05) is 30.3 Å². The molecule has 2 aromatic rings. The van der Waals surface area contributed by atoms with E-state index in [4.69, 9.17) is 9.26 Å². The first kappa shape index (κ1) is 12.8. The number of nitrogens with zero attached hydrogens (tertiary/aromatic N) is 2. The van der Waals surface area contributed by atoms with E-state index in [1.54, 1.807) is 0 Å². The highest BCUT2D eigenvalue weighted by molar-refractivity contribution is 5.72. The molecule has 0 saturated heterocycles. The summed E-state index contributed by atoms with van der Waals surface area (Å²) in [4.78, 5) is 16.0. The van der Waals surface area contributed by atoms with Gasteiger partial charge < -0.3 is 9.26 Å². The van der Waals surface area contributed by atoms with Crippen molar-refractivity contribution in [2.24, 2.45) is 5.92 Å². The lowest BCUT2D eigenvalue weighted by Crippen LogP contribution is -2.14. The smallest absolute Gasteiger partial charge is 0.309 e. The Hall–Kier alpha value is -2.17. The minimum Gasteiger partial charge on any atom is -0.455 e. The third-order valence-electron chi connectivity index (χ3n) is 3.53. The number of aromatic nitrogens is 2. The van der Waals surface area contributed by atoms with Gasteiger partial charge in [0.1, 0.15) is 0 Å². The van der Waals surface area contributed by atoms with Gasteiger partial charge in [-0.25, -0.2) is 0 Å². The molecule has 20 heavy (non-hydrogen) atoms. The Kier molecular flexibility index (Phi) is 3.76. The zero-order chi connectivity index (χ0) is 13.8. The van der Waals surface area contributed by atoms with E-state index in [0.29, 0.717) is 11.7 Å². The van der Waals surface area contributed by atoms with Gasteiger partial charge in [0.25, 0.3) is 5.89 Å². The van der Waals surface area contributed by atoms with E-state index in [9.17, 15) is 4.79 Å². The molecule has 1 saturated carbocycles. The molecule has 5 heteroatoms. The summed E-state index contributed by atoms with van der Waals surface area (Å²) < 4.78 is 10.3.